The van der Waals surface area contributed by atoms with Crippen LogP contribution in [-0.2, 0) is 49.6 Å². The number of amides is 8. The number of benzene rings is 1. The number of carboxylic acids is 1. The first-order valence-corrected chi connectivity index (χ1v) is 23.0. The van der Waals surface area contributed by atoms with Crippen molar-refractivity contribution in [2.75, 3.05) is 32.7 Å². The Balaban J connectivity index is 2.39. The van der Waals surface area contributed by atoms with Gasteiger partial charge in [0.2, 0.25) is 47.3 Å². The van der Waals surface area contributed by atoms with Gasteiger partial charge >= 0.3 is 5.97 Å². The SMILES string of the molecule is CC(C)C[C@H](NC(=O)[C@H](CCCCN)NC(=O)[C@@H]1CCCN1C(=O)[C@H](CCCCN)NC(=O)[C@H](CCCCN)NC(=O)[C@H](Cc1ccc(O)cc1)NC(=O)[C@@H](N)CC(N)=O)C(=O)NCC(=O)O. The third-order valence-corrected chi connectivity index (χ3v) is 11.1. The van der Waals surface area contributed by atoms with E-state index in [9.17, 15) is 48.3 Å². The topological polar surface area (TPSA) is 400 Å². The molecule has 1 heterocycles. The molecule has 8 amide bonds. The number of phenols is 1. The first kappa shape index (κ1) is 57.2. The van der Waals surface area contributed by atoms with Crippen LogP contribution in [0.5, 0.6) is 5.75 Å². The molecule has 1 aromatic carbocycles. The molecule has 0 spiro atoms. The van der Waals surface area contributed by atoms with Crippen LogP contribution in [0, 0.1) is 5.92 Å². The number of carbonyl (C=O) groups is 9. The number of hydrogen-bond acceptors (Lipinski definition) is 14. The largest absolute Gasteiger partial charge is 0.508 e. The summed E-state index contributed by atoms with van der Waals surface area (Å²) in [4.78, 5) is 120. The van der Waals surface area contributed by atoms with Gasteiger partial charge in [0.05, 0.1) is 12.5 Å². The molecule has 0 aliphatic carbocycles. The number of rotatable bonds is 32. The Labute approximate surface area is 391 Å². The molecular weight excluding hydrogens is 873 g/mol. The van der Waals surface area contributed by atoms with Crippen molar-refractivity contribution in [3.63, 3.8) is 0 Å². The van der Waals surface area contributed by atoms with Gasteiger partial charge in [0.25, 0.3) is 0 Å². The quantitative estimate of drug-likeness (QED) is 0.0324. The second-order valence-corrected chi connectivity index (χ2v) is 17.2. The Kier molecular flexibility index (Phi) is 26.0. The Morgan fingerprint density at radius 3 is 1.69 bits per heavy atom. The highest BCUT2D eigenvalue weighted by molar-refractivity contribution is 5.98. The van der Waals surface area contributed by atoms with Gasteiger partial charge in [-0.1, -0.05) is 26.0 Å². The molecule has 1 fully saturated rings. The summed E-state index contributed by atoms with van der Waals surface area (Å²) < 4.78 is 0. The van der Waals surface area contributed by atoms with Gasteiger partial charge < -0.3 is 75.7 Å². The van der Waals surface area contributed by atoms with Crippen molar-refractivity contribution in [3.8, 4) is 5.75 Å². The maximum absolute atomic E-state index is 14.5. The highest BCUT2D eigenvalue weighted by atomic mass is 16.4. The van der Waals surface area contributed by atoms with E-state index in [-0.39, 0.29) is 63.3 Å². The maximum Gasteiger partial charge on any atom is 0.322 e. The number of primary amides is 1. The van der Waals surface area contributed by atoms with E-state index < -0.39 is 108 Å². The molecule has 0 unspecified atom stereocenters. The first-order valence-electron chi connectivity index (χ1n) is 23.0. The lowest BCUT2D eigenvalue weighted by Gasteiger charge is -2.31. The summed E-state index contributed by atoms with van der Waals surface area (Å²) in [6.07, 6.45) is 3.35. The number of carboxylic acid groups (broad SMARTS) is 1. The lowest BCUT2D eigenvalue weighted by Crippen LogP contribution is -2.60. The molecule has 23 nitrogen and oxygen atoms in total. The van der Waals surface area contributed by atoms with Crippen molar-refractivity contribution in [1.82, 2.24) is 36.8 Å². The number of hydrogen-bond donors (Lipinski definition) is 13. The van der Waals surface area contributed by atoms with Gasteiger partial charge in [-0.2, -0.15) is 0 Å². The van der Waals surface area contributed by atoms with Crippen molar-refractivity contribution in [2.45, 2.75) is 146 Å². The van der Waals surface area contributed by atoms with Crippen LogP contribution in [0.3, 0.4) is 0 Å². The van der Waals surface area contributed by atoms with Crippen LogP contribution < -0.4 is 60.6 Å². The fourth-order valence-corrected chi connectivity index (χ4v) is 7.52. The standard InChI is InChI=1S/C44H74N12O11/c1-26(2)22-33(39(62)50-25-37(59)60)55-41(64)31(11-4-7-19-46)52-43(66)35-13-9-21-56(35)44(67)32(12-5-8-20-47)53-40(63)30(10-3-6-18-45)51-42(65)34(23-27-14-16-28(57)17-15-27)54-38(61)29(48)24-36(49)58/h14-17,26,29-35,57H,3-13,18-25,45-48H2,1-2H3,(H2,49,58)(H,50,62)(H,51,65)(H,52,66)(H,53,63)(H,54,61)(H,55,64)(H,59,60)/t29-,30-,31-,32-,33-,34-,35-/m0/s1. The zero-order valence-corrected chi connectivity index (χ0v) is 38.8. The number of unbranched alkanes of at least 4 members (excludes halogenated alkanes) is 3. The van der Waals surface area contributed by atoms with Crippen molar-refractivity contribution >= 4 is 53.2 Å². The second kappa shape index (κ2) is 30.4. The summed E-state index contributed by atoms with van der Waals surface area (Å²) in [7, 11) is 0. The number of likely N-dealkylation sites (tertiary alicyclic amines) is 1. The number of carbonyl (C=O) groups excluding carboxylic acids is 8. The first-order chi connectivity index (χ1) is 31.8. The molecule has 18 N–H and O–H groups in total. The van der Waals surface area contributed by atoms with Crippen LogP contribution in [-0.4, -0.2) is 143 Å². The molecule has 0 bridgehead atoms. The molecule has 0 saturated carbocycles. The molecule has 67 heavy (non-hydrogen) atoms. The van der Waals surface area contributed by atoms with Gasteiger partial charge in [-0.05, 0) is 120 Å². The van der Waals surface area contributed by atoms with Crippen molar-refractivity contribution in [3.05, 3.63) is 29.8 Å². The van der Waals surface area contributed by atoms with Crippen LogP contribution in [0.2, 0.25) is 0 Å². The summed E-state index contributed by atoms with van der Waals surface area (Å²) in [5.74, 6) is -7.15. The monoisotopic (exact) mass is 947 g/mol. The number of aliphatic carboxylic acids is 1. The van der Waals surface area contributed by atoms with Gasteiger partial charge in [0, 0.05) is 13.0 Å². The number of aromatic hydroxyl groups is 1. The summed E-state index contributed by atoms with van der Waals surface area (Å²) in [6, 6.07) is -2.53. The van der Waals surface area contributed by atoms with E-state index in [1.165, 1.54) is 29.2 Å². The predicted octanol–water partition coefficient (Wildman–Crippen LogP) is -2.81. The van der Waals surface area contributed by atoms with E-state index in [4.69, 9.17) is 33.8 Å². The Hall–Kier alpha value is -5.91. The Morgan fingerprint density at radius 1 is 0.672 bits per heavy atom. The van der Waals surface area contributed by atoms with Crippen LogP contribution in [0.1, 0.15) is 103 Å². The zero-order chi connectivity index (χ0) is 50.1. The molecule has 7 atom stereocenters. The highest BCUT2D eigenvalue weighted by Gasteiger charge is 2.40. The van der Waals surface area contributed by atoms with Gasteiger partial charge in [0.1, 0.15) is 48.5 Å². The Bertz CT molecular complexity index is 1800. The molecule has 1 saturated heterocycles. The van der Waals surface area contributed by atoms with Crippen LogP contribution in [0.4, 0.5) is 0 Å². The maximum atomic E-state index is 14.5. The van der Waals surface area contributed by atoms with E-state index in [1.807, 2.05) is 13.8 Å². The third-order valence-electron chi connectivity index (χ3n) is 11.1. The molecule has 1 aliphatic heterocycles. The van der Waals surface area contributed by atoms with E-state index in [0.717, 1.165) is 0 Å². The van der Waals surface area contributed by atoms with E-state index in [0.29, 0.717) is 63.6 Å². The molecule has 1 aromatic rings. The van der Waals surface area contributed by atoms with Crippen LogP contribution in [0.25, 0.3) is 0 Å². The lowest BCUT2D eigenvalue weighted by molar-refractivity contribution is -0.143. The number of phenolic OH excluding ortho intramolecular Hbond substituents is 1. The summed E-state index contributed by atoms with van der Waals surface area (Å²) in [5.41, 5.74) is 28.8. The van der Waals surface area contributed by atoms with E-state index in [2.05, 4.69) is 31.9 Å². The average Bonchev–Trinajstić information content (AvgIpc) is 3.77. The fraction of sp³-hybridized carbons (Fsp3) is 0.659. The summed E-state index contributed by atoms with van der Waals surface area (Å²) in [6.45, 7) is 4.05. The molecule has 23 heteroatoms. The van der Waals surface area contributed by atoms with Gasteiger partial charge in [-0.25, -0.2) is 0 Å². The van der Waals surface area contributed by atoms with Gasteiger partial charge in [-0.15, -0.1) is 0 Å². The number of nitrogens with zero attached hydrogens (tertiary/aromatic N) is 1. The van der Waals surface area contributed by atoms with Gasteiger partial charge in [0.15, 0.2) is 0 Å². The van der Waals surface area contributed by atoms with Crippen molar-refractivity contribution in [1.29, 1.82) is 0 Å². The highest BCUT2D eigenvalue weighted by Crippen LogP contribution is 2.21. The number of nitrogens with one attached hydrogen (secondary N) is 6. The fourth-order valence-electron chi connectivity index (χ4n) is 7.52. The minimum absolute atomic E-state index is 0.0366. The average molecular weight is 947 g/mol. The zero-order valence-electron chi connectivity index (χ0n) is 38.8. The predicted molar refractivity (Wildman–Crippen MR) is 247 cm³/mol. The normalized spacial score (nSPS) is 16.1. The Morgan fingerprint density at radius 2 is 1.16 bits per heavy atom. The third kappa shape index (κ3) is 21.1. The minimum atomic E-state index is -1.38. The molecular formula is C44H74N12O11. The van der Waals surface area contributed by atoms with Crippen LogP contribution >= 0.6 is 0 Å². The minimum Gasteiger partial charge on any atom is -0.508 e. The van der Waals surface area contributed by atoms with E-state index in [1.54, 1.807) is 0 Å². The lowest BCUT2D eigenvalue weighted by atomic mass is 10.0. The van der Waals surface area contributed by atoms with Crippen LogP contribution in [0.15, 0.2) is 24.3 Å². The van der Waals surface area contributed by atoms with Crippen molar-refractivity contribution < 1.29 is 53.4 Å². The molecule has 0 radical (unpaired) electrons. The summed E-state index contributed by atoms with van der Waals surface area (Å²) in [5, 5.41) is 34.6. The molecule has 1 aliphatic rings. The molecule has 2 rings (SSSR count). The molecule has 376 valence electrons. The smallest absolute Gasteiger partial charge is 0.322 e. The second-order valence-electron chi connectivity index (χ2n) is 17.2. The molecule has 0 aromatic heterocycles. The number of nitrogens with two attached hydrogens (primary N) is 5. The van der Waals surface area contributed by atoms with Crippen molar-refractivity contribution in [2.24, 2.45) is 34.6 Å². The van der Waals surface area contributed by atoms with Gasteiger partial charge in [-0.3, -0.25) is 43.2 Å². The summed E-state index contributed by atoms with van der Waals surface area (Å²) >= 11 is 0. The van der Waals surface area contributed by atoms with E-state index >= 15 is 0 Å².